The molecule has 0 bridgehead atoms. The number of hydrogen-bond donors (Lipinski definition) is 2. The first-order chi connectivity index (χ1) is 14.9. The first kappa shape index (κ1) is 20.2. The van der Waals surface area contributed by atoms with Gasteiger partial charge in [0.1, 0.15) is 11.3 Å². The van der Waals surface area contributed by atoms with Crippen LogP contribution in [0, 0.1) is 20.8 Å². The second kappa shape index (κ2) is 7.99. The molecule has 0 radical (unpaired) electrons. The van der Waals surface area contributed by atoms with Gasteiger partial charge in [0, 0.05) is 23.6 Å². The number of nitrogens with zero attached hydrogens (tertiary/aromatic N) is 1. The Morgan fingerprint density at radius 3 is 2.55 bits per heavy atom. The van der Waals surface area contributed by atoms with Crippen LogP contribution in [-0.2, 0) is 4.79 Å². The number of rotatable bonds is 5. The van der Waals surface area contributed by atoms with Crippen molar-refractivity contribution in [3.8, 4) is 17.2 Å². The van der Waals surface area contributed by atoms with Crippen LogP contribution in [0.1, 0.15) is 16.7 Å². The molecule has 2 aromatic heterocycles. The van der Waals surface area contributed by atoms with Crippen molar-refractivity contribution in [1.82, 2.24) is 9.55 Å². The molecule has 4 rings (SSSR count). The van der Waals surface area contributed by atoms with Crippen molar-refractivity contribution in [2.75, 3.05) is 5.32 Å². The summed E-state index contributed by atoms with van der Waals surface area (Å²) in [6.07, 6.45) is 4.73. The van der Waals surface area contributed by atoms with E-state index in [-0.39, 0.29) is 11.3 Å². The summed E-state index contributed by atoms with van der Waals surface area (Å²) in [5, 5.41) is 2.79. The molecule has 0 spiro atoms. The van der Waals surface area contributed by atoms with Crippen molar-refractivity contribution >= 4 is 22.6 Å². The Bertz CT molecular complexity index is 1360. The molecule has 0 aliphatic rings. The van der Waals surface area contributed by atoms with Gasteiger partial charge in [-0.2, -0.15) is 0 Å². The van der Waals surface area contributed by atoms with Gasteiger partial charge in [0.05, 0.1) is 11.2 Å². The number of aromatic nitrogens is 2. The SMILES string of the molecule is C=CC(=O)Nc1ccc(Oc2c(C)cccc2C)c(-n2cc(C)c(=O)c3[nH]ccc32)c1. The van der Waals surface area contributed by atoms with Crippen molar-refractivity contribution in [2.24, 2.45) is 0 Å². The summed E-state index contributed by atoms with van der Waals surface area (Å²) in [5.74, 6) is 1.06. The lowest BCUT2D eigenvalue weighted by molar-refractivity contribution is -0.111. The van der Waals surface area contributed by atoms with Gasteiger partial charge < -0.3 is 19.6 Å². The molecule has 2 N–H and O–H groups in total. The predicted octanol–water partition coefficient (Wildman–Crippen LogP) is 5.16. The van der Waals surface area contributed by atoms with Crippen LogP contribution in [0.15, 0.2) is 72.3 Å². The summed E-state index contributed by atoms with van der Waals surface area (Å²) in [7, 11) is 0. The van der Waals surface area contributed by atoms with E-state index in [9.17, 15) is 9.59 Å². The quantitative estimate of drug-likeness (QED) is 0.444. The molecule has 0 saturated heterocycles. The van der Waals surface area contributed by atoms with Crippen molar-refractivity contribution < 1.29 is 9.53 Å². The third kappa shape index (κ3) is 3.75. The number of H-pyrrole nitrogens is 1. The first-order valence-corrected chi connectivity index (χ1v) is 9.90. The number of ether oxygens (including phenoxy) is 1. The second-order valence-corrected chi connectivity index (χ2v) is 7.45. The van der Waals surface area contributed by atoms with Crippen molar-refractivity contribution in [2.45, 2.75) is 20.8 Å². The Labute approximate surface area is 179 Å². The minimum atomic E-state index is -0.308. The van der Waals surface area contributed by atoms with E-state index in [0.29, 0.717) is 33.7 Å². The number of aromatic amines is 1. The number of anilines is 1. The van der Waals surface area contributed by atoms with Crippen molar-refractivity contribution in [1.29, 1.82) is 0 Å². The number of benzene rings is 2. The zero-order valence-electron chi connectivity index (χ0n) is 17.7. The minimum absolute atomic E-state index is 0.0513. The fourth-order valence-electron chi connectivity index (χ4n) is 3.60. The zero-order chi connectivity index (χ0) is 22.1. The number of carbonyl (C=O) groups excluding carboxylic acids is 1. The lowest BCUT2D eigenvalue weighted by Gasteiger charge is -2.19. The number of carbonyl (C=O) groups is 1. The van der Waals surface area contributed by atoms with Gasteiger partial charge in [-0.25, -0.2) is 0 Å². The normalized spacial score (nSPS) is 10.8. The Morgan fingerprint density at radius 2 is 1.84 bits per heavy atom. The Balaban J connectivity index is 1.94. The average Bonchev–Trinajstić information content (AvgIpc) is 3.24. The first-order valence-electron chi connectivity index (χ1n) is 9.90. The van der Waals surface area contributed by atoms with Crippen LogP contribution in [0.2, 0.25) is 0 Å². The molecule has 6 nitrogen and oxygen atoms in total. The van der Waals surface area contributed by atoms with Gasteiger partial charge in [-0.1, -0.05) is 24.8 Å². The number of aryl methyl sites for hydroxylation is 3. The van der Waals surface area contributed by atoms with Gasteiger partial charge >= 0.3 is 0 Å². The monoisotopic (exact) mass is 413 g/mol. The number of para-hydroxylation sites is 1. The summed E-state index contributed by atoms with van der Waals surface area (Å²) in [5.41, 5.74) is 5.08. The summed E-state index contributed by atoms with van der Waals surface area (Å²) in [6, 6.07) is 13.2. The van der Waals surface area contributed by atoms with E-state index in [1.165, 1.54) is 6.08 Å². The van der Waals surface area contributed by atoms with E-state index in [1.807, 2.05) is 54.8 Å². The lowest BCUT2D eigenvalue weighted by atomic mass is 10.1. The van der Waals surface area contributed by atoms with Crippen LogP contribution < -0.4 is 15.5 Å². The van der Waals surface area contributed by atoms with E-state index < -0.39 is 0 Å². The zero-order valence-corrected chi connectivity index (χ0v) is 17.7. The van der Waals surface area contributed by atoms with Gasteiger partial charge in [0.15, 0.2) is 5.75 Å². The molecule has 1 amide bonds. The molecule has 0 aliphatic carbocycles. The fourth-order valence-corrected chi connectivity index (χ4v) is 3.60. The molecular weight excluding hydrogens is 390 g/mol. The number of fused-ring (bicyclic) bond motifs is 1. The van der Waals surface area contributed by atoms with Gasteiger partial charge in [-0.15, -0.1) is 0 Å². The molecule has 31 heavy (non-hydrogen) atoms. The van der Waals surface area contributed by atoms with Gasteiger partial charge in [0.25, 0.3) is 0 Å². The third-order valence-electron chi connectivity index (χ3n) is 5.18. The van der Waals surface area contributed by atoms with Crippen molar-refractivity contribution in [3.05, 3.63) is 94.4 Å². The van der Waals surface area contributed by atoms with E-state index in [1.54, 1.807) is 25.4 Å². The Hall–Kier alpha value is -4.06. The Kier molecular flexibility index (Phi) is 5.21. The maximum atomic E-state index is 12.5. The fraction of sp³-hybridized carbons (Fsp3) is 0.120. The highest BCUT2D eigenvalue weighted by atomic mass is 16.5. The number of pyridine rings is 1. The van der Waals surface area contributed by atoms with Crippen molar-refractivity contribution in [3.63, 3.8) is 0 Å². The van der Waals surface area contributed by atoms with E-state index in [4.69, 9.17) is 4.74 Å². The van der Waals surface area contributed by atoms with Crippen LogP contribution in [0.5, 0.6) is 11.5 Å². The van der Waals surface area contributed by atoms with Crippen LogP contribution in [0.4, 0.5) is 5.69 Å². The van der Waals surface area contributed by atoms with Crippen LogP contribution >= 0.6 is 0 Å². The molecule has 2 heterocycles. The summed E-state index contributed by atoms with van der Waals surface area (Å²) in [6.45, 7) is 9.27. The van der Waals surface area contributed by atoms with E-state index in [2.05, 4.69) is 16.9 Å². The van der Waals surface area contributed by atoms with Gasteiger partial charge in [0.2, 0.25) is 11.3 Å². The van der Waals surface area contributed by atoms with Crippen LogP contribution in [0.3, 0.4) is 0 Å². The summed E-state index contributed by atoms with van der Waals surface area (Å²) in [4.78, 5) is 27.4. The van der Waals surface area contributed by atoms with E-state index in [0.717, 1.165) is 16.9 Å². The predicted molar refractivity (Wildman–Crippen MR) is 123 cm³/mol. The number of hydrogen-bond acceptors (Lipinski definition) is 3. The Morgan fingerprint density at radius 1 is 1.10 bits per heavy atom. The number of amides is 1. The molecule has 0 unspecified atom stereocenters. The molecule has 0 fully saturated rings. The third-order valence-corrected chi connectivity index (χ3v) is 5.18. The topological polar surface area (TPSA) is 76.1 Å². The highest BCUT2D eigenvalue weighted by Gasteiger charge is 2.16. The molecule has 0 saturated carbocycles. The molecule has 6 heteroatoms. The minimum Gasteiger partial charge on any atom is -0.455 e. The maximum Gasteiger partial charge on any atom is 0.247 e. The number of nitrogens with one attached hydrogen (secondary N) is 2. The highest BCUT2D eigenvalue weighted by molar-refractivity contribution is 5.99. The van der Waals surface area contributed by atoms with Crippen LogP contribution in [-0.4, -0.2) is 15.5 Å². The molecule has 156 valence electrons. The molecule has 0 atom stereocenters. The molecular formula is C25H23N3O3. The molecule has 0 aliphatic heterocycles. The summed E-state index contributed by atoms with van der Waals surface area (Å²) < 4.78 is 8.26. The van der Waals surface area contributed by atoms with Gasteiger partial charge in [-0.3, -0.25) is 9.59 Å². The largest absolute Gasteiger partial charge is 0.455 e. The second-order valence-electron chi connectivity index (χ2n) is 7.45. The standard InChI is InChI=1S/C25H23N3O3/c1-5-22(29)27-18-9-10-21(31-25-15(2)7-6-8-16(25)3)20(13-18)28-14-17(4)24(30)23-19(28)11-12-26-23/h5-14,26H,1H2,2-4H3,(H,27,29). The smallest absolute Gasteiger partial charge is 0.247 e. The maximum absolute atomic E-state index is 12.5. The molecule has 2 aromatic carbocycles. The molecule has 4 aromatic rings. The van der Waals surface area contributed by atoms with Gasteiger partial charge in [-0.05, 0) is 62.2 Å². The van der Waals surface area contributed by atoms with Crippen LogP contribution in [0.25, 0.3) is 16.7 Å². The van der Waals surface area contributed by atoms with E-state index >= 15 is 0 Å². The highest BCUT2D eigenvalue weighted by Crippen LogP contribution is 2.35. The lowest BCUT2D eigenvalue weighted by Crippen LogP contribution is -2.12. The average molecular weight is 413 g/mol. The summed E-state index contributed by atoms with van der Waals surface area (Å²) >= 11 is 0.